The Hall–Kier alpha value is -2.08. The lowest BCUT2D eigenvalue weighted by molar-refractivity contribution is -0.154. The van der Waals surface area contributed by atoms with Crippen LogP contribution in [0.1, 0.15) is 63.0 Å². The van der Waals surface area contributed by atoms with Crippen LogP contribution in [0.2, 0.25) is 0 Å². The van der Waals surface area contributed by atoms with Crippen LogP contribution in [-0.2, 0) is 16.0 Å². The molecule has 2 saturated carbocycles. The topological polar surface area (TPSA) is 54.4 Å². The standard InChI is InChI=1S/C27H37N3O3/c1-17(31)33-24-9-7-22-20-4-5-21-18(19(20)10-11-27(22,24)2)6-8-23-26(21)28-25(16-32-23)30-14-12-29(3)13-15-30/h6,8,19-20,22,24H,4-5,7,9-16H2,1-3H3/t19-,20-,22+,24+,27+/m1/s1. The third-order valence-electron chi connectivity index (χ3n) is 9.53. The normalized spacial score (nSPS) is 35.5. The third kappa shape index (κ3) is 3.48. The van der Waals surface area contributed by atoms with Gasteiger partial charge in [0.1, 0.15) is 30.0 Å². The summed E-state index contributed by atoms with van der Waals surface area (Å²) in [4.78, 5) is 21.7. The Labute approximate surface area is 197 Å². The van der Waals surface area contributed by atoms with E-state index in [4.69, 9.17) is 14.5 Å². The molecule has 33 heavy (non-hydrogen) atoms. The fraction of sp³-hybridized carbons (Fsp3) is 0.704. The number of ether oxygens (including phenoxy) is 2. The van der Waals surface area contributed by atoms with Crippen molar-refractivity contribution in [3.05, 3.63) is 23.3 Å². The highest BCUT2D eigenvalue weighted by atomic mass is 16.5. The van der Waals surface area contributed by atoms with Gasteiger partial charge >= 0.3 is 5.97 Å². The number of amidine groups is 1. The Kier molecular flexibility index (Phi) is 5.20. The van der Waals surface area contributed by atoms with E-state index in [1.54, 1.807) is 6.92 Å². The predicted molar refractivity (Wildman–Crippen MR) is 128 cm³/mol. The minimum Gasteiger partial charge on any atom is -0.483 e. The number of piperazine rings is 1. The summed E-state index contributed by atoms with van der Waals surface area (Å²) in [6.07, 6.45) is 6.90. The van der Waals surface area contributed by atoms with Gasteiger partial charge in [-0.2, -0.15) is 0 Å². The fourth-order valence-corrected chi connectivity index (χ4v) is 7.74. The van der Waals surface area contributed by atoms with E-state index in [1.165, 1.54) is 30.4 Å². The summed E-state index contributed by atoms with van der Waals surface area (Å²) in [5.41, 5.74) is 4.17. The van der Waals surface area contributed by atoms with Crippen molar-refractivity contribution < 1.29 is 14.3 Å². The first kappa shape index (κ1) is 21.5. The molecule has 0 aromatic heterocycles. The number of hydrogen-bond acceptors (Lipinski definition) is 6. The number of benzene rings is 1. The van der Waals surface area contributed by atoms with Crippen LogP contribution in [0, 0.1) is 17.3 Å². The maximum absolute atomic E-state index is 11.7. The maximum Gasteiger partial charge on any atom is 0.302 e. The van der Waals surface area contributed by atoms with Crippen molar-refractivity contribution >= 4 is 17.5 Å². The average Bonchev–Trinajstić information content (AvgIpc) is 3.14. The Morgan fingerprint density at radius 3 is 2.76 bits per heavy atom. The Balaban J connectivity index is 1.28. The van der Waals surface area contributed by atoms with Crippen molar-refractivity contribution in [2.24, 2.45) is 22.2 Å². The second-order valence-corrected chi connectivity index (χ2v) is 11.2. The molecule has 1 saturated heterocycles. The van der Waals surface area contributed by atoms with Gasteiger partial charge in [-0.05, 0) is 80.5 Å². The first-order chi connectivity index (χ1) is 15.9. The van der Waals surface area contributed by atoms with Crippen LogP contribution >= 0.6 is 0 Å². The van der Waals surface area contributed by atoms with E-state index >= 15 is 0 Å². The van der Waals surface area contributed by atoms with Gasteiger partial charge in [0.15, 0.2) is 0 Å². The molecule has 2 aliphatic heterocycles. The second-order valence-electron chi connectivity index (χ2n) is 11.2. The van der Waals surface area contributed by atoms with Crippen LogP contribution in [0.5, 0.6) is 5.75 Å². The maximum atomic E-state index is 11.7. The summed E-state index contributed by atoms with van der Waals surface area (Å²) in [5.74, 6) is 3.85. The lowest BCUT2D eigenvalue weighted by Crippen LogP contribution is -2.49. The van der Waals surface area contributed by atoms with Crippen LogP contribution in [0.4, 0.5) is 5.69 Å². The number of fused-ring (bicyclic) bond motifs is 7. The molecule has 5 aliphatic rings. The van der Waals surface area contributed by atoms with Gasteiger partial charge in [0.2, 0.25) is 0 Å². The van der Waals surface area contributed by atoms with Crippen LogP contribution in [0.25, 0.3) is 0 Å². The van der Waals surface area contributed by atoms with Crippen LogP contribution in [0.15, 0.2) is 17.1 Å². The van der Waals surface area contributed by atoms with E-state index in [1.807, 2.05) is 0 Å². The monoisotopic (exact) mass is 451 g/mol. The van der Waals surface area contributed by atoms with Gasteiger partial charge in [0, 0.05) is 38.5 Å². The van der Waals surface area contributed by atoms with Crippen molar-refractivity contribution in [1.29, 1.82) is 0 Å². The van der Waals surface area contributed by atoms with Gasteiger partial charge in [-0.15, -0.1) is 0 Å². The number of carbonyl (C=O) groups excluding carboxylic acids is 1. The van der Waals surface area contributed by atoms with Crippen molar-refractivity contribution in [2.75, 3.05) is 39.8 Å². The average molecular weight is 452 g/mol. The Bertz CT molecular complexity index is 983. The van der Waals surface area contributed by atoms with Crippen molar-refractivity contribution in [2.45, 2.75) is 64.4 Å². The zero-order valence-corrected chi connectivity index (χ0v) is 20.3. The molecule has 0 unspecified atom stereocenters. The SMILES string of the molecule is CC(=O)O[C@H]1CC[C@H]2[C@@H]3CCc4c(ccc5c4N=C(N4CCN(C)CC4)CO5)[C@H]3CC[C@]12C. The number of rotatable bonds is 1. The molecule has 3 fully saturated rings. The van der Waals surface area contributed by atoms with Crippen LogP contribution < -0.4 is 4.74 Å². The largest absolute Gasteiger partial charge is 0.483 e. The molecule has 178 valence electrons. The minimum atomic E-state index is -0.126. The molecule has 0 radical (unpaired) electrons. The first-order valence-corrected chi connectivity index (χ1v) is 12.9. The van der Waals surface area contributed by atoms with E-state index in [0.717, 1.165) is 62.7 Å². The van der Waals surface area contributed by atoms with E-state index in [9.17, 15) is 4.79 Å². The van der Waals surface area contributed by atoms with Crippen molar-refractivity contribution in [3.8, 4) is 5.75 Å². The third-order valence-corrected chi connectivity index (χ3v) is 9.53. The smallest absolute Gasteiger partial charge is 0.302 e. The van der Waals surface area contributed by atoms with Gasteiger partial charge in [-0.25, -0.2) is 4.99 Å². The van der Waals surface area contributed by atoms with E-state index in [0.29, 0.717) is 24.4 Å². The van der Waals surface area contributed by atoms with Crippen LogP contribution in [0.3, 0.4) is 0 Å². The van der Waals surface area contributed by atoms with Gasteiger partial charge in [0.25, 0.3) is 0 Å². The van der Waals surface area contributed by atoms with E-state index in [-0.39, 0.29) is 17.5 Å². The molecule has 0 bridgehead atoms. The number of esters is 1. The molecule has 6 heteroatoms. The minimum absolute atomic E-state index is 0.0926. The summed E-state index contributed by atoms with van der Waals surface area (Å²) in [6.45, 7) is 8.74. The molecule has 2 heterocycles. The summed E-state index contributed by atoms with van der Waals surface area (Å²) >= 11 is 0. The Morgan fingerprint density at radius 1 is 1.15 bits per heavy atom. The predicted octanol–water partition coefficient (Wildman–Crippen LogP) is 4.14. The molecule has 1 aromatic carbocycles. The van der Waals surface area contributed by atoms with Crippen molar-refractivity contribution in [3.63, 3.8) is 0 Å². The number of likely N-dealkylation sites (N-methyl/N-ethyl adjacent to an activating group) is 1. The molecule has 3 aliphatic carbocycles. The van der Waals surface area contributed by atoms with E-state index in [2.05, 4.69) is 35.9 Å². The van der Waals surface area contributed by atoms with Gasteiger partial charge in [0.05, 0.1) is 0 Å². The lowest BCUT2D eigenvalue weighted by Gasteiger charge is -2.50. The molecule has 0 N–H and O–H groups in total. The van der Waals surface area contributed by atoms with Crippen molar-refractivity contribution in [1.82, 2.24) is 9.80 Å². The molecule has 0 amide bonds. The van der Waals surface area contributed by atoms with Gasteiger partial charge in [-0.3, -0.25) is 4.79 Å². The van der Waals surface area contributed by atoms with Gasteiger partial charge < -0.3 is 19.3 Å². The second kappa shape index (κ2) is 8.00. The number of nitrogens with zero attached hydrogens (tertiary/aromatic N) is 3. The fourth-order valence-electron chi connectivity index (χ4n) is 7.74. The summed E-state index contributed by atoms with van der Waals surface area (Å²) in [7, 11) is 2.19. The molecule has 0 spiro atoms. The van der Waals surface area contributed by atoms with Crippen LogP contribution in [-0.4, -0.2) is 67.5 Å². The lowest BCUT2D eigenvalue weighted by atomic mass is 9.55. The summed E-state index contributed by atoms with van der Waals surface area (Å²) < 4.78 is 12.0. The quantitative estimate of drug-likeness (QED) is 0.601. The zero-order valence-electron chi connectivity index (χ0n) is 20.3. The van der Waals surface area contributed by atoms with Gasteiger partial charge in [-0.1, -0.05) is 13.0 Å². The number of hydrogen-bond donors (Lipinski definition) is 0. The highest BCUT2D eigenvalue weighted by Crippen LogP contribution is 2.62. The highest BCUT2D eigenvalue weighted by molar-refractivity contribution is 5.89. The highest BCUT2D eigenvalue weighted by Gasteiger charge is 2.56. The summed E-state index contributed by atoms with van der Waals surface area (Å²) in [6, 6.07) is 4.51. The molecule has 6 nitrogen and oxygen atoms in total. The molecule has 6 rings (SSSR count). The molecule has 5 atom stereocenters. The molecular formula is C27H37N3O3. The number of carbonyl (C=O) groups is 1. The molecular weight excluding hydrogens is 414 g/mol. The zero-order chi connectivity index (χ0) is 22.7. The van der Waals surface area contributed by atoms with E-state index < -0.39 is 0 Å². The Morgan fingerprint density at radius 2 is 1.97 bits per heavy atom. The number of aliphatic imine (C=N–C) groups is 1. The molecule has 1 aromatic rings. The first-order valence-electron chi connectivity index (χ1n) is 12.9. The summed E-state index contributed by atoms with van der Waals surface area (Å²) in [5, 5.41) is 0.